The molecule has 0 bridgehead atoms. The van der Waals surface area contributed by atoms with Crippen LogP contribution in [0.1, 0.15) is 5.56 Å². The second kappa shape index (κ2) is 6.41. The van der Waals surface area contributed by atoms with Gasteiger partial charge in [-0.2, -0.15) is 0 Å². The summed E-state index contributed by atoms with van der Waals surface area (Å²) in [4.78, 5) is 4.33. The van der Waals surface area contributed by atoms with E-state index in [0.29, 0.717) is 16.5 Å². The molecule has 1 heterocycles. The van der Waals surface area contributed by atoms with Gasteiger partial charge in [0.1, 0.15) is 5.82 Å². The molecule has 0 spiro atoms. The molecule has 21 heavy (non-hydrogen) atoms. The largest absolute Gasteiger partial charge is 0.258 e. The smallest absolute Gasteiger partial charge is 0.209 e. The van der Waals surface area contributed by atoms with Crippen molar-refractivity contribution in [3.63, 3.8) is 0 Å². The first-order chi connectivity index (χ1) is 10.2. The summed E-state index contributed by atoms with van der Waals surface area (Å²) in [6.07, 6.45) is 0. The quantitative estimate of drug-likeness (QED) is 0.685. The monoisotopic (exact) mass is 363 g/mol. The van der Waals surface area contributed by atoms with Crippen molar-refractivity contribution in [2.75, 3.05) is 0 Å². The minimum atomic E-state index is -0.309. The predicted molar refractivity (Wildman–Crippen MR) is 85.5 cm³/mol. The van der Waals surface area contributed by atoms with E-state index in [9.17, 15) is 4.39 Å². The van der Waals surface area contributed by atoms with Crippen LogP contribution in [0.15, 0.2) is 58.2 Å². The van der Waals surface area contributed by atoms with Crippen molar-refractivity contribution in [1.29, 1.82) is 0 Å². The summed E-state index contributed by atoms with van der Waals surface area (Å²) in [6.45, 7) is 0. The SMILES string of the molecule is Fc1ccccc1-c1nc(SCc2ccccc2Br)n[nH]1. The fraction of sp³-hybridized carbons (Fsp3) is 0.0667. The molecule has 6 heteroatoms. The zero-order chi connectivity index (χ0) is 14.7. The highest BCUT2D eigenvalue weighted by Gasteiger charge is 2.10. The van der Waals surface area contributed by atoms with Crippen LogP contribution < -0.4 is 0 Å². The molecule has 0 unspecified atom stereocenters. The van der Waals surface area contributed by atoms with E-state index in [1.807, 2.05) is 24.3 Å². The molecule has 0 aliphatic heterocycles. The highest BCUT2D eigenvalue weighted by Crippen LogP contribution is 2.26. The number of H-pyrrole nitrogens is 1. The molecule has 0 amide bonds. The summed E-state index contributed by atoms with van der Waals surface area (Å²) in [7, 11) is 0. The highest BCUT2D eigenvalue weighted by atomic mass is 79.9. The Morgan fingerprint density at radius 2 is 1.86 bits per heavy atom. The number of hydrogen-bond donors (Lipinski definition) is 1. The average molecular weight is 364 g/mol. The molecule has 106 valence electrons. The van der Waals surface area contributed by atoms with Crippen molar-refractivity contribution in [3.05, 3.63) is 64.4 Å². The molecule has 0 aliphatic carbocycles. The van der Waals surface area contributed by atoms with Gasteiger partial charge in [0.05, 0.1) is 5.56 Å². The van der Waals surface area contributed by atoms with Gasteiger partial charge in [-0.1, -0.05) is 58.0 Å². The van der Waals surface area contributed by atoms with Crippen LogP contribution in [-0.2, 0) is 5.75 Å². The molecule has 3 rings (SSSR count). The van der Waals surface area contributed by atoms with Crippen molar-refractivity contribution in [3.8, 4) is 11.4 Å². The Bertz CT molecular complexity index is 760. The Balaban J connectivity index is 1.74. The van der Waals surface area contributed by atoms with E-state index in [2.05, 4.69) is 31.1 Å². The van der Waals surface area contributed by atoms with Crippen molar-refractivity contribution in [1.82, 2.24) is 15.2 Å². The fourth-order valence-electron chi connectivity index (χ4n) is 1.84. The molecule has 0 saturated carbocycles. The Morgan fingerprint density at radius 1 is 1.10 bits per heavy atom. The van der Waals surface area contributed by atoms with Crippen molar-refractivity contribution in [2.45, 2.75) is 10.9 Å². The number of rotatable bonds is 4. The normalized spacial score (nSPS) is 10.8. The van der Waals surface area contributed by atoms with Gasteiger partial charge in [-0.3, -0.25) is 5.10 Å². The molecule has 1 aromatic heterocycles. The average Bonchev–Trinajstić information content (AvgIpc) is 2.96. The van der Waals surface area contributed by atoms with E-state index in [1.165, 1.54) is 23.4 Å². The van der Waals surface area contributed by atoms with Gasteiger partial charge in [0, 0.05) is 10.2 Å². The van der Waals surface area contributed by atoms with Crippen LogP contribution >= 0.6 is 27.7 Å². The Labute approximate surface area is 134 Å². The Hall–Kier alpha value is -1.66. The molecule has 0 saturated heterocycles. The van der Waals surface area contributed by atoms with Crippen molar-refractivity contribution < 1.29 is 4.39 Å². The lowest BCUT2D eigenvalue weighted by atomic mass is 10.2. The lowest BCUT2D eigenvalue weighted by molar-refractivity contribution is 0.630. The zero-order valence-electron chi connectivity index (χ0n) is 10.9. The first-order valence-corrected chi connectivity index (χ1v) is 8.05. The van der Waals surface area contributed by atoms with Gasteiger partial charge in [-0.15, -0.1) is 5.10 Å². The summed E-state index contributed by atoms with van der Waals surface area (Å²) in [5, 5.41) is 7.50. The van der Waals surface area contributed by atoms with E-state index < -0.39 is 0 Å². The molecular formula is C15H11BrFN3S. The molecule has 0 radical (unpaired) electrons. The number of nitrogens with zero attached hydrogens (tertiary/aromatic N) is 2. The number of hydrogen-bond acceptors (Lipinski definition) is 3. The van der Waals surface area contributed by atoms with Gasteiger partial charge in [-0.25, -0.2) is 9.37 Å². The first kappa shape index (κ1) is 14.3. The van der Waals surface area contributed by atoms with Gasteiger partial charge in [0.2, 0.25) is 5.16 Å². The Morgan fingerprint density at radius 3 is 2.67 bits per heavy atom. The van der Waals surface area contributed by atoms with E-state index in [0.717, 1.165) is 10.2 Å². The minimum Gasteiger partial charge on any atom is -0.258 e. The van der Waals surface area contributed by atoms with Crippen LogP contribution in [0.2, 0.25) is 0 Å². The maximum atomic E-state index is 13.7. The zero-order valence-corrected chi connectivity index (χ0v) is 13.3. The molecule has 0 aliphatic rings. The predicted octanol–water partition coefficient (Wildman–Crippen LogP) is 4.67. The van der Waals surface area contributed by atoms with Gasteiger partial charge >= 0.3 is 0 Å². The van der Waals surface area contributed by atoms with Crippen LogP contribution in [-0.4, -0.2) is 15.2 Å². The summed E-state index contributed by atoms with van der Waals surface area (Å²) in [6, 6.07) is 14.5. The Kier molecular flexibility index (Phi) is 4.36. The van der Waals surface area contributed by atoms with E-state index in [-0.39, 0.29) is 5.82 Å². The summed E-state index contributed by atoms with van der Waals surface area (Å²) in [5.41, 5.74) is 1.59. The van der Waals surface area contributed by atoms with Gasteiger partial charge in [-0.05, 0) is 23.8 Å². The summed E-state index contributed by atoms with van der Waals surface area (Å²) >= 11 is 5.01. The van der Waals surface area contributed by atoms with E-state index in [1.54, 1.807) is 18.2 Å². The second-order valence-corrected chi connectivity index (χ2v) is 6.12. The molecule has 1 N–H and O–H groups in total. The van der Waals surface area contributed by atoms with Gasteiger partial charge < -0.3 is 0 Å². The fourth-order valence-corrected chi connectivity index (χ4v) is 3.26. The summed E-state index contributed by atoms with van der Waals surface area (Å²) in [5.74, 6) is 0.884. The molecule has 2 aromatic carbocycles. The van der Waals surface area contributed by atoms with Crippen LogP contribution in [0.25, 0.3) is 11.4 Å². The number of aromatic nitrogens is 3. The highest BCUT2D eigenvalue weighted by molar-refractivity contribution is 9.10. The molecule has 0 atom stereocenters. The maximum absolute atomic E-state index is 13.7. The molecule has 3 aromatic rings. The van der Waals surface area contributed by atoms with E-state index >= 15 is 0 Å². The summed E-state index contributed by atoms with van der Waals surface area (Å²) < 4.78 is 14.7. The number of aromatic amines is 1. The van der Waals surface area contributed by atoms with Crippen molar-refractivity contribution in [2.24, 2.45) is 0 Å². The topological polar surface area (TPSA) is 41.6 Å². The third-order valence-electron chi connectivity index (χ3n) is 2.91. The standard InChI is InChI=1S/C15H11BrFN3S/c16-12-7-3-1-5-10(12)9-21-15-18-14(19-20-15)11-6-2-4-8-13(11)17/h1-8H,9H2,(H,18,19,20). The van der Waals surface area contributed by atoms with Crippen LogP contribution in [0.3, 0.4) is 0 Å². The first-order valence-electron chi connectivity index (χ1n) is 6.27. The number of nitrogens with one attached hydrogen (secondary N) is 1. The molecule has 0 fully saturated rings. The number of benzene rings is 2. The molecule has 3 nitrogen and oxygen atoms in total. The van der Waals surface area contributed by atoms with Crippen molar-refractivity contribution >= 4 is 27.7 Å². The second-order valence-electron chi connectivity index (χ2n) is 4.33. The van der Waals surface area contributed by atoms with Gasteiger partial charge in [0.15, 0.2) is 5.82 Å². The minimum absolute atomic E-state index is 0.309. The van der Waals surface area contributed by atoms with Crippen LogP contribution in [0.4, 0.5) is 4.39 Å². The van der Waals surface area contributed by atoms with Crippen LogP contribution in [0.5, 0.6) is 0 Å². The number of thioether (sulfide) groups is 1. The lowest BCUT2D eigenvalue weighted by Crippen LogP contribution is -1.85. The van der Waals surface area contributed by atoms with Gasteiger partial charge in [0.25, 0.3) is 0 Å². The maximum Gasteiger partial charge on any atom is 0.209 e. The number of halogens is 2. The van der Waals surface area contributed by atoms with Crippen LogP contribution in [0, 0.1) is 5.82 Å². The lowest BCUT2D eigenvalue weighted by Gasteiger charge is -2.01. The third-order valence-corrected chi connectivity index (χ3v) is 4.58. The van der Waals surface area contributed by atoms with E-state index in [4.69, 9.17) is 0 Å². The third kappa shape index (κ3) is 3.33. The molecular weight excluding hydrogens is 353 g/mol.